The molecule has 31 heavy (non-hydrogen) atoms. The van der Waals surface area contributed by atoms with E-state index in [4.69, 9.17) is 12.2 Å². The quantitative estimate of drug-likeness (QED) is 0.418. The van der Waals surface area contributed by atoms with Crippen molar-refractivity contribution in [1.82, 2.24) is 9.47 Å². The summed E-state index contributed by atoms with van der Waals surface area (Å²) in [7, 11) is 0. The molecule has 1 fully saturated rings. The van der Waals surface area contributed by atoms with Crippen molar-refractivity contribution in [3.8, 4) is 11.9 Å². The number of pyridine rings is 1. The first kappa shape index (κ1) is 22.4. The third-order valence-corrected chi connectivity index (χ3v) is 6.12. The Kier molecular flexibility index (Phi) is 6.38. The van der Waals surface area contributed by atoms with Gasteiger partial charge in [-0.05, 0) is 43.2 Å². The van der Waals surface area contributed by atoms with Gasteiger partial charge in [-0.25, -0.2) is 4.39 Å². The van der Waals surface area contributed by atoms with Crippen molar-refractivity contribution in [3.63, 3.8) is 0 Å². The van der Waals surface area contributed by atoms with Gasteiger partial charge >= 0.3 is 0 Å². The molecule has 1 aliphatic rings. The van der Waals surface area contributed by atoms with Crippen LogP contribution >= 0.6 is 24.0 Å². The fraction of sp³-hybridized carbons (Fsp3) is 0.190. The van der Waals surface area contributed by atoms with Gasteiger partial charge in [0.1, 0.15) is 21.8 Å². The third-order valence-electron chi connectivity index (χ3n) is 4.74. The number of aromatic nitrogens is 1. The molecule has 10 heteroatoms. The number of benzene rings is 1. The first-order chi connectivity index (χ1) is 14.7. The highest BCUT2D eigenvalue weighted by atomic mass is 32.2. The molecule has 1 amide bonds. The van der Waals surface area contributed by atoms with Crippen LogP contribution in [0.3, 0.4) is 0 Å². The van der Waals surface area contributed by atoms with E-state index in [2.05, 4.69) is 0 Å². The lowest BCUT2D eigenvalue weighted by Crippen LogP contribution is -2.35. The standard InChI is InChI=1S/C21H16FN3O4S2/c1-3-24-18(27)14(9-23)11(2)17(20(24)29)15(26)10-25-19(28)16(31-21(25)30)8-12-4-6-13(22)7-5-12/h4-8,29H,3,10H2,1-2H3/b16-8-. The smallest absolute Gasteiger partial charge is 0.271 e. The minimum absolute atomic E-state index is 0.0481. The SMILES string of the molecule is CCn1c(O)c(C(=O)CN2C(=O)/C(=C/c3ccc(F)cc3)SC2=S)c(C)c(C#N)c1=O. The lowest BCUT2D eigenvalue weighted by atomic mass is 10.0. The third kappa shape index (κ3) is 4.15. The molecular weight excluding hydrogens is 441 g/mol. The summed E-state index contributed by atoms with van der Waals surface area (Å²) in [6, 6.07) is 7.30. The molecule has 158 valence electrons. The zero-order valence-corrected chi connectivity index (χ0v) is 18.1. The summed E-state index contributed by atoms with van der Waals surface area (Å²) < 4.78 is 14.2. The van der Waals surface area contributed by atoms with Crippen molar-refractivity contribution in [1.29, 1.82) is 5.26 Å². The maximum Gasteiger partial charge on any atom is 0.271 e. The van der Waals surface area contributed by atoms with E-state index in [1.165, 1.54) is 37.3 Å². The highest BCUT2D eigenvalue weighted by molar-refractivity contribution is 8.26. The van der Waals surface area contributed by atoms with Gasteiger partial charge in [0.25, 0.3) is 11.5 Å². The Morgan fingerprint density at radius 2 is 1.97 bits per heavy atom. The van der Waals surface area contributed by atoms with Crippen molar-refractivity contribution in [2.75, 3.05) is 6.54 Å². The number of carbonyl (C=O) groups is 2. The highest BCUT2D eigenvalue weighted by Gasteiger charge is 2.35. The topological polar surface area (TPSA) is 103 Å². The van der Waals surface area contributed by atoms with E-state index in [1.807, 2.05) is 0 Å². The number of hydrogen-bond donors (Lipinski definition) is 1. The molecule has 3 rings (SSSR count). The summed E-state index contributed by atoms with van der Waals surface area (Å²) in [6.07, 6.45) is 1.54. The number of Topliss-reactive ketones (excluding diaryl/α,β-unsaturated/α-hetero) is 1. The van der Waals surface area contributed by atoms with Crippen LogP contribution in [0.1, 0.15) is 34.0 Å². The van der Waals surface area contributed by atoms with E-state index in [0.717, 1.165) is 21.2 Å². The molecule has 1 saturated heterocycles. The zero-order valence-electron chi connectivity index (χ0n) is 16.5. The summed E-state index contributed by atoms with van der Waals surface area (Å²) in [4.78, 5) is 39.4. The van der Waals surface area contributed by atoms with E-state index < -0.39 is 35.5 Å². The van der Waals surface area contributed by atoms with Gasteiger partial charge in [-0.15, -0.1) is 0 Å². The number of thioether (sulfide) groups is 1. The van der Waals surface area contributed by atoms with Crippen LogP contribution in [0.25, 0.3) is 6.08 Å². The van der Waals surface area contributed by atoms with E-state index in [0.29, 0.717) is 5.56 Å². The number of halogens is 1. The first-order valence-corrected chi connectivity index (χ1v) is 10.3. The Morgan fingerprint density at radius 3 is 2.55 bits per heavy atom. The van der Waals surface area contributed by atoms with Gasteiger partial charge in [0.15, 0.2) is 5.78 Å². The Bertz CT molecular complexity index is 1240. The van der Waals surface area contributed by atoms with Gasteiger partial charge in [0, 0.05) is 6.54 Å². The van der Waals surface area contributed by atoms with Crippen LogP contribution in [0.2, 0.25) is 0 Å². The number of nitrogens with zero attached hydrogens (tertiary/aromatic N) is 3. The molecule has 7 nitrogen and oxygen atoms in total. The molecule has 2 aromatic rings. The lowest BCUT2D eigenvalue weighted by Gasteiger charge is -2.17. The Labute approximate surface area is 186 Å². The predicted octanol–water partition coefficient (Wildman–Crippen LogP) is 2.98. The zero-order chi connectivity index (χ0) is 22.9. The minimum Gasteiger partial charge on any atom is -0.494 e. The van der Waals surface area contributed by atoms with Crippen molar-refractivity contribution < 1.29 is 19.1 Å². The first-order valence-electron chi connectivity index (χ1n) is 9.10. The number of aromatic hydroxyl groups is 1. The van der Waals surface area contributed by atoms with Gasteiger partial charge in [-0.1, -0.05) is 36.1 Å². The Balaban J connectivity index is 1.93. The van der Waals surface area contributed by atoms with Crippen molar-refractivity contribution in [2.24, 2.45) is 0 Å². The fourth-order valence-corrected chi connectivity index (χ4v) is 4.40. The second-order valence-electron chi connectivity index (χ2n) is 6.60. The van der Waals surface area contributed by atoms with E-state index >= 15 is 0 Å². The van der Waals surface area contributed by atoms with Crippen LogP contribution in [0.15, 0.2) is 34.0 Å². The largest absolute Gasteiger partial charge is 0.494 e. The van der Waals surface area contributed by atoms with Crippen molar-refractivity contribution in [3.05, 3.63) is 67.6 Å². The number of ketones is 1. The molecule has 1 aliphatic heterocycles. The summed E-state index contributed by atoms with van der Waals surface area (Å²) in [6.45, 7) is 2.58. The summed E-state index contributed by atoms with van der Waals surface area (Å²) in [5.41, 5.74) is -0.494. The van der Waals surface area contributed by atoms with E-state index in [9.17, 15) is 29.1 Å². The molecule has 2 heterocycles. The fourth-order valence-electron chi connectivity index (χ4n) is 3.15. The van der Waals surface area contributed by atoms with Gasteiger partial charge in [-0.3, -0.25) is 23.9 Å². The Morgan fingerprint density at radius 1 is 1.32 bits per heavy atom. The minimum atomic E-state index is -0.690. The maximum atomic E-state index is 13.1. The Hall–Kier alpha value is -3.29. The molecule has 0 unspecified atom stereocenters. The van der Waals surface area contributed by atoms with Crippen LogP contribution in [0.4, 0.5) is 4.39 Å². The molecule has 0 spiro atoms. The number of hydrogen-bond acceptors (Lipinski definition) is 7. The molecule has 1 aromatic carbocycles. The molecule has 1 aromatic heterocycles. The number of amides is 1. The molecule has 0 aliphatic carbocycles. The molecule has 0 saturated carbocycles. The van der Waals surface area contributed by atoms with Crippen molar-refractivity contribution >= 4 is 46.1 Å². The van der Waals surface area contributed by atoms with Crippen LogP contribution in [0, 0.1) is 24.1 Å². The average Bonchev–Trinajstić information content (AvgIpc) is 2.97. The van der Waals surface area contributed by atoms with E-state index in [1.54, 1.807) is 13.0 Å². The van der Waals surface area contributed by atoms with E-state index in [-0.39, 0.29) is 32.5 Å². The highest BCUT2D eigenvalue weighted by Crippen LogP contribution is 2.33. The number of thiocarbonyl (C=S) groups is 1. The average molecular weight is 458 g/mol. The van der Waals surface area contributed by atoms with Crippen molar-refractivity contribution in [2.45, 2.75) is 20.4 Å². The second kappa shape index (κ2) is 8.83. The van der Waals surface area contributed by atoms with Crippen LogP contribution in [-0.4, -0.2) is 37.1 Å². The maximum absolute atomic E-state index is 13.1. The summed E-state index contributed by atoms with van der Waals surface area (Å²) in [5.74, 6) is -2.13. The lowest BCUT2D eigenvalue weighted by molar-refractivity contribution is -0.121. The monoisotopic (exact) mass is 457 g/mol. The summed E-state index contributed by atoms with van der Waals surface area (Å²) >= 11 is 6.23. The number of rotatable bonds is 5. The van der Waals surface area contributed by atoms with Crippen LogP contribution in [-0.2, 0) is 11.3 Å². The molecular formula is C21H16FN3O4S2. The molecule has 0 atom stereocenters. The van der Waals surface area contributed by atoms with Crippen LogP contribution in [0.5, 0.6) is 5.88 Å². The molecule has 1 N–H and O–H groups in total. The predicted molar refractivity (Wildman–Crippen MR) is 118 cm³/mol. The number of carbonyl (C=O) groups excluding carboxylic acids is 2. The summed E-state index contributed by atoms with van der Waals surface area (Å²) in [5, 5.41) is 19.8. The normalized spacial score (nSPS) is 14.9. The molecule has 0 bridgehead atoms. The van der Waals surface area contributed by atoms with Gasteiger partial charge in [0.2, 0.25) is 5.88 Å². The number of nitriles is 1. The van der Waals surface area contributed by atoms with Crippen LogP contribution < -0.4 is 5.56 Å². The second-order valence-corrected chi connectivity index (χ2v) is 8.28. The molecule has 0 radical (unpaired) electrons. The van der Waals surface area contributed by atoms with Gasteiger partial charge < -0.3 is 5.11 Å². The van der Waals surface area contributed by atoms with Gasteiger partial charge in [-0.2, -0.15) is 5.26 Å². The van der Waals surface area contributed by atoms with Gasteiger partial charge in [0.05, 0.1) is 17.0 Å².